The van der Waals surface area contributed by atoms with Crippen LogP contribution in [0.2, 0.25) is 0 Å². The van der Waals surface area contributed by atoms with Crippen LogP contribution in [-0.2, 0) is 19.7 Å². The molecule has 0 bridgehead atoms. The summed E-state index contributed by atoms with van der Waals surface area (Å²) >= 11 is 0. The van der Waals surface area contributed by atoms with Gasteiger partial charge in [-0.3, -0.25) is 0 Å². The molecule has 0 aliphatic carbocycles. The molecule has 1 saturated heterocycles. The van der Waals surface area contributed by atoms with Gasteiger partial charge in [0.05, 0.1) is 22.0 Å². The van der Waals surface area contributed by atoms with E-state index >= 15 is 0 Å². The van der Waals surface area contributed by atoms with E-state index in [0.717, 1.165) is 0 Å². The van der Waals surface area contributed by atoms with Crippen molar-refractivity contribution < 1.29 is 16.8 Å². The standard InChI is InChI=1S/C10H21NO4S2/c1-9(2,3)17(14,15)7-5-10(11)4-6-16(12,13)8-10/h4-8,11H2,1-3H3. The van der Waals surface area contributed by atoms with Crippen LogP contribution < -0.4 is 5.73 Å². The zero-order valence-electron chi connectivity index (χ0n) is 10.6. The molecular weight excluding hydrogens is 262 g/mol. The molecule has 0 spiro atoms. The largest absolute Gasteiger partial charge is 0.324 e. The lowest BCUT2D eigenvalue weighted by atomic mass is 9.97. The molecule has 0 amide bonds. The summed E-state index contributed by atoms with van der Waals surface area (Å²) in [6.07, 6.45) is 0.570. The van der Waals surface area contributed by atoms with E-state index in [0.29, 0.717) is 6.42 Å². The third-order valence-electron chi connectivity index (χ3n) is 3.22. The third kappa shape index (κ3) is 3.66. The van der Waals surface area contributed by atoms with Gasteiger partial charge in [0.1, 0.15) is 0 Å². The van der Waals surface area contributed by atoms with E-state index in [9.17, 15) is 16.8 Å². The normalized spacial score (nSPS) is 29.4. The predicted octanol–water partition coefficient (Wildman–Crippen LogP) is 0.106. The molecular formula is C10H21NO4S2. The second kappa shape index (κ2) is 4.20. The number of hydrogen-bond acceptors (Lipinski definition) is 5. The molecule has 1 heterocycles. The first-order chi connectivity index (χ1) is 7.37. The average molecular weight is 283 g/mol. The summed E-state index contributed by atoms with van der Waals surface area (Å²) in [5.41, 5.74) is 5.08. The third-order valence-corrected chi connectivity index (χ3v) is 7.67. The summed E-state index contributed by atoms with van der Waals surface area (Å²) in [4.78, 5) is 0. The van der Waals surface area contributed by atoms with Crippen molar-refractivity contribution in [2.75, 3.05) is 17.3 Å². The van der Waals surface area contributed by atoms with E-state index < -0.39 is 30.0 Å². The fourth-order valence-electron chi connectivity index (χ4n) is 1.78. The monoisotopic (exact) mass is 283 g/mol. The van der Waals surface area contributed by atoms with Crippen LogP contribution in [0.25, 0.3) is 0 Å². The molecule has 1 aliphatic heterocycles. The average Bonchev–Trinajstić information content (AvgIpc) is 2.37. The van der Waals surface area contributed by atoms with Gasteiger partial charge in [0.2, 0.25) is 0 Å². The Morgan fingerprint density at radius 1 is 1.29 bits per heavy atom. The van der Waals surface area contributed by atoms with Crippen LogP contribution in [0.1, 0.15) is 33.6 Å². The van der Waals surface area contributed by atoms with Crippen molar-refractivity contribution in [3.63, 3.8) is 0 Å². The van der Waals surface area contributed by atoms with Crippen molar-refractivity contribution in [2.45, 2.75) is 43.9 Å². The van der Waals surface area contributed by atoms with Gasteiger partial charge >= 0.3 is 0 Å². The molecule has 1 atom stereocenters. The van der Waals surface area contributed by atoms with Crippen LogP contribution >= 0.6 is 0 Å². The molecule has 5 nitrogen and oxygen atoms in total. The second-order valence-electron chi connectivity index (χ2n) is 5.89. The van der Waals surface area contributed by atoms with E-state index in [4.69, 9.17) is 5.73 Å². The summed E-state index contributed by atoms with van der Waals surface area (Å²) in [6, 6.07) is 0. The minimum atomic E-state index is -3.24. The zero-order valence-corrected chi connectivity index (χ0v) is 12.2. The highest BCUT2D eigenvalue weighted by Crippen LogP contribution is 2.26. The summed E-state index contributed by atoms with van der Waals surface area (Å²) < 4.78 is 45.7. The smallest absolute Gasteiger partial charge is 0.155 e. The van der Waals surface area contributed by atoms with E-state index in [1.165, 1.54) is 0 Å². The van der Waals surface area contributed by atoms with Gasteiger partial charge in [-0.05, 0) is 33.6 Å². The van der Waals surface area contributed by atoms with Crippen molar-refractivity contribution in [1.29, 1.82) is 0 Å². The first kappa shape index (κ1) is 14.9. The molecule has 0 saturated carbocycles. The Bertz CT molecular complexity index is 487. The lowest BCUT2D eigenvalue weighted by molar-refractivity contribution is 0.457. The van der Waals surface area contributed by atoms with E-state index in [2.05, 4.69) is 0 Å². The number of sulfone groups is 2. The Kier molecular flexibility index (Phi) is 3.69. The van der Waals surface area contributed by atoms with Crippen LogP contribution in [0.3, 0.4) is 0 Å². The van der Waals surface area contributed by atoms with Crippen LogP contribution in [-0.4, -0.2) is 44.4 Å². The maximum atomic E-state index is 11.9. The predicted molar refractivity (Wildman–Crippen MR) is 68.3 cm³/mol. The highest BCUT2D eigenvalue weighted by atomic mass is 32.2. The van der Waals surface area contributed by atoms with Gasteiger partial charge in [-0.1, -0.05) is 0 Å². The van der Waals surface area contributed by atoms with Gasteiger partial charge in [0.15, 0.2) is 19.7 Å². The van der Waals surface area contributed by atoms with Crippen LogP contribution in [0.4, 0.5) is 0 Å². The topological polar surface area (TPSA) is 94.3 Å². The van der Waals surface area contributed by atoms with Crippen LogP contribution in [0.5, 0.6) is 0 Å². The highest BCUT2D eigenvalue weighted by molar-refractivity contribution is 7.92. The molecule has 1 aliphatic rings. The first-order valence-electron chi connectivity index (χ1n) is 5.59. The molecule has 102 valence electrons. The molecule has 1 rings (SSSR count). The maximum Gasteiger partial charge on any atom is 0.155 e. The molecule has 0 aromatic heterocycles. The SMILES string of the molecule is CC(C)(C)S(=O)(=O)CCC1(N)CCS(=O)(=O)C1. The van der Waals surface area contributed by atoms with Gasteiger partial charge in [-0.15, -0.1) is 0 Å². The lowest BCUT2D eigenvalue weighted by Gasteiger charge is -2.25. The van der Waals surface area contributed by atoms with Gasteiger partial charge in [0, 0.05) is 5.54 Å². The maximum absolute atomic E-state index is 11.9. The van der Waals surface area contributed by atoms with Crippen LogP contribution in [0, 0.1) is 0 Å². The van der Waals surface area contributed by atoms with Gasteiger partial charge in [-0.2, -0.15) is 0 Å². The molecule has 17 heavy (non-hydrogen) atoms. The van der Waals surface area contributed by atoms with Gasteiger partial charge in [-0.25, -0.2) is 16.8 Å². The minimum Gasteiger partial charge on any atom is -0.324 e. The summed E-state index contributed by atoms with van der Waals surface area (Å²) in [6.45, 7) is 4.91. The second-order valence-corrected chi connectivity index (χ2v) is 10.9. The number of nitrogens with two attached hydrogens (primary N) is 1. The molecule has 2 N–H and O–H groups in total. The molecule has 1 unspecified atom stereocenters. The number of hydrogen-bond donors (Lipinski definition) is 1. The summed E-state index contributed by atoms with van der Waals surface area (Å²) in [5.74, 6) is -0.0821. The molecule has 0 aromatic rings. The summed E-state index contributed by atoms with van der Waals surface area (Å²) in [5, 5.41) is 0. The van der Waals surface area contributed by atoms with Crippen LogP contribution in [0.15, 0.2) is 0 Å². The van der Waals surface area contributed by atoms with Crippen molar-refractivity contribution in [3.05, 3.63) is 0 Å². The fraction of sp³-hybridized carbons (Fsp3) is 1.00. The Morgan fingerprint density at radius 3 is 2.18 bits per heavy atom. The Morgan fingerprint density at radius 2 is 1.82 bits per heavy atom. The Hall–Kier alpha value is -0.140. The van der Waals surface area contributed by atoms with Crippen molar-refractivity contribution in [1.82, 2.24) is 0 Å². The van der Waals surface area contributed by atoms with E-state index in [1.807, 2.05) is 0 Å². The van der Waals surface area contributed by atoms with E-state index in [1.54, 1.807) is 20.8 Å². The van der Waals surface area contributed by atoms with Gasteiger partial charge in [0.25, 0.3) is 0 Å². The van der Waals surface area contributed by atoms with E-state index in [-0.39, 0.29) is 23.7 Å². The van der Waals surface area contributed by atoms with Gasteiger partial charge < -0.3 is 5.73 Å². The fourth-order valence-corrected chi connectivity index (χ4v) is 5.10. The molecule has 1 fully saturated rings. The number of rotatable bonds is 3. The Labute approximate surface area is 104 Å². The molecule has 7 heteroatoms. The highest BCUT2D eigenvalue weighted by Gasteiger charge is 2.40. The zero-order chi connectivity index (χ0) is 13.5. The Balaban J connectivity index is 2.71. The lowest BCUT2D eigenvalue weighted by Crippen LogP contribution is -2.44. The summed E-state index contributed by atoms with van der Waals surface area (Å²) in [7, 11) is -6.31. The molecule has 0 radical (unpaired) electrons. The van der Waals surface area contributed by atoms with Crippen molar-refractivity contribution in [3.8, 4) is 0 Å². The quantitative estimate of drug-likeness (QED) is 0.793. The van der Waals surface area contributed by atoms with Crippen molar-refractivity contribution >= 4 is 19.7 Å². The first-order valence-corrected chi connectivity index (χ1v) is 9.06. The minimum absolute atomic E-state index is 0.0531. The van der Waals surface area contributed by atoms with Crippen molar-refractivity contribution in [2.24, 2.45) is 5.73 Å². The molecule has 0 aromatic carbocycles.